The number of carbonyl (C=O) groups excluding carboxylic acids is 1. The maximum atomic E-state index is 12.2. The Balaban J connectivity index is 1.98. The van der Waals surface area contributed by atoms with Crippen LogP contribution in [0.4, 0.5) is 4.79 Å². The van der Waals surface area contributed by atoms with E-state index in [1.54, 1.807) is 0 Å². The van der Waals surface area contributed by atoms with Crippen molar-refractivity contribution in [3.8, 4) is 0 Å². The highest BCUT2D eigenvalue weighted by Gasteiger charge is 2.48. The van der Waals surface area contributed by atoms with Crippen molar-refractivity contribution in [2.75, 3.05) is 19.6 Å². The van der Waals surface area contributed by atoms with Crippen LogP contribution in [0.25, 0.3) is 0 Å². The average Bonchev–Trinajstić information content (AvgIpc) is 2.25. The molecule has 1 amide bonds. The Labute approximate surface area is 116 Å². The van der Waals surface area contributed by atoms with Gasteiger partial charge in [-0.2, -0.15) is 0 Å². The van der Waals surface area contributed by atoms with Crippen LogP contribution in [-0.2, 0) is 4.74 Å². The summed E-state index contributed by atoms with van der Waals surface area (Å²) in [6.45, 7) is 8.22. The lowest BCUT2D eigenvalue weighted by Gasteiger charge is -2.54. The average molecular weight is 268 g/mol. The topological polar surface area (TPSA) is 55.6 Å². The smallest absolute Gasteiger partial charge is 0.410 e. The van der Waals surface area contributed by atoms with Gasteiger partial charge < -0.3 is 15.4 Å². The third-order valence-electron chi connectivity index (χ3n) is 4.64. The summed E-state index contributed by atoms with van der Waals surface area (Å²) >= 11 is 0. The largest absolute Gasteiger partial charge is 0.444 e. The third-order valence-corrected chi connectivity index (χ3v) is 4.64. The zero-order chi connectivity index (χ0) is 14.1. The molecule has 2 fully saturated rings. The van der Waals surface area contributed by atoms with Crippen molar-refractivity contribution in [2.24, 2.45) is 17.1 Å². The number of rotatable bonds is 2. The Kier molecular flexibility index (Phi) is 4.09. The first-order valence-corrected chi connectivity index (χ1v) is 7.54. The molecule has 0 aromatic rings. The molecule has 19 heavy (non-hydrogen) atoms. The van der Waals surface area contributed by atoms with E-state index in [-0.39, 0.29) is 6.09 Å². The molecular formula is C15H28N2O2. The molecule has 1 aliphatic heterocycles. The first-order chi connectivity index (χ1) is 8.86. The summed E-state index contributed by atoms with van der Waals surface area (Å²) in [6, 6.07) is 0. The van der Waals surface area contributed by atoms with Crippen LogP contribution in [0.5, 0.6) is 0 Å². The van der Waals surface area contributed by atoms with Crippen LogP contribution in [0, 0.1) is 11.3 Å². The van der Waals surface area contributed by atoms with E-state index >= 15 is 0 Å². The summed E-state index contributed by atoms with van der Waals surface area (Å²) in [7, 11) is 0. The highest BCUT2D eigenvalue weighted by Crippen LogP contribution is 2.52. The van der Waals surface area contributed by atoms with Crippen molar-refractivity contribution >= 4 is 6.09 Å². The van der Waals surface area contributed by atoms with Gasteiger partial charge in [-0.15, -0.1) is 0 Å². The second-order valence-corrected chi connectivity index (χ2v) is 7.18. The summed E-state index contributed by atoms with van der Waals surface area (Å²) in [5.74, 6) is 0.699. The molecule has 1 spiro atoms. The number of likely N-dealkylation sites (tertiary alicyclic amines) is 1. The first kappa shape index (κ1) is 14.6. The molecule has 4 heteroatoms. The predicted octanol–water partition coefficient (Wildman–Crippen LogP) is 2.76. The van der Waals surface area contributed by atoms with Crippen molar-refractivity contribution in [1.82, 2.24) is 4.90 Å². The SMILES string of the molecule is CC(C)(C)OC(=O)N1CCC(CCN)C2(CCC2)C1. The van der Waals surface area contributed by atoms with Gasteiger partial charge in [0.15, 0.2) is 0 Å². The number of ether oxygens (including phenoxy) is 1. The minimum Gasteiger partial charge on any atom is -0.444 e. The monoisotopic (exact) mass is 268 g/mol. The molecule has 2 N–H and O–H groups in total. The van der Waals surface area contributed by atoms with Crippen LogP contribution in [0.15, 0.2) is 0 Å². The number of nitrogens with zero attached hydrogens (tertiary/aromatic N) is 1. The maximum absolute atomic E-state index is 12.2. The van der Waals surface area contributed by atoms with Gasteiger partial charge in [-0.1, -0.05) is 6.42 Å². The lowest BCUT2D eigenvalue weighted by atomic mass is 9.57. The minimum absolute atomic E-state index is 0.148. The second-order valence-electron chi connectivity index (χ2n) is 7.18. The molecule has 0 aromatic heterocycles. The molecule has 1 unspecified atom stereocenters. The standard InChI is InChI=1S/C15H28N2O2/c1-14(2,3)19-13(18)17-10-6-12(5-9-16)15(11-17)7-4-8-15/h12H,4-11,16H2,1-3H3. The van der Waals surface area contributed by atoms with Gasteiger partial charge in [-0.25, -0.2) is 4.79 Å². The molecule has 1 atom stereocenters. The van der Waals surface area contributed by atoms with Gasteiger partial charge in [0.1, 0.15) is 5.60 Å². The Morgan fingerprint density at radius 3 is 2.58 bits per heavy atom. The maximum Gasteiger partial charge on any atom is 0.410 e. The van der Waals surface area contributed by atoms with Gasteiger partial charge in [-0.05, 0) is 64.3 Å². The third kappa shape index (κ3) is 3.22. The van der Waals surface area contributed by atoms with E-state index in [1.807, 2.05) is 25.7 Å². The van der Waals surface area contributed by atoms with E-state index in [0.717, 1.165) is 32.5 Å². The van der Waals surface area contributed by atoms with Crippen molar-refractivity contribution in [1.29, 1.82) is 0 Å². The van der Waals surface area contributed by atoms with Crippen LogP contribution in [-0.4, -0.2) is 36.2 Å². The number of carbonyl (C=O) groups is 1. The van der Waals surface area contributed by atoms with E-state index in [4.69, 9.17) is 10.5 Å². The Morgan fingerprint density at radius 2 is 2.11 bits per heavy atom. The van der Waals surface area contributed by atoms with Crippen LogP contribution < -0.4 is 5.73 Å². The summed E-state index contributed by atoms with van der Waals surface area (Å²) in [6.07, 6.45) is 5.82. The molecule has 0 bridgehead atoms. The Morgan fingerprint density at radius 1 is 1.42 bits per heavy atom. The van der Waals surface area contributed by atoms with Crippen molar-refractivity contribution in [3.63, 3.8) is 0 Å². The fourth-order valence-corrected chi connectivity index (χ4v) is 3.54. The van der Waals surface area contributed by atoms with Crippen LogP contribution in [0.2, 0.25) is 0 Å². The summed E-state index contributed by atoms with van der Waals surface area (Å²) in [5, 5.41) is 0. The van der Waals surface area contributed by atoms with Crippen LogP contribution >= 0.6 is 0 Å². The summed E-state index contributed by atoms with van der Waals surface area (Å²) < 4.78 is 5.50. The molecule has 110 valence electrons. The molecular weight excluding hydrogens is 240 g/mol. The lowest BCUT2D eigenvalue weighted by Crippen LogP contribution is -2.55. The van der Waals surface area contributed by atoms with Crippen molar-refractivity contribution in [3.05, 3.63) is 0 Å². The number of piperidine rings is 1. The lowest BCUT2D eigenvalue weighted by molar-refractivity contribution is -0.0494. The van der Waals surface area contributed by atoms with Gasteiger partial charge in [0, 0.05) is 13.1 Å². The molecule has 0 aromatic carbocycles. The second kappa shape index (κ2) is 5.31. The summed E-state index contributed by atoms with van der Waals surface area (Å²) in [4.78, 5) is 14.1. The zero-order valence-corrected chi connectivity index (χ0v) is 12.6. The normalized spacial score (nSPS) is 26.1. The summed E-state index contributed by atoms with van der Waals surface area (Å²) in [5.41, 5.74) is 5.67. The van der Waals surface area contributed by atoms with E-state index in [9.17, 15) is 4.79 Å². The fourth-order valence-electron chi connectivity index (χ4n) is 3.54. The van der Waals surface area contributed by atoms with Gasteiger partial charge in [0.2, 0.25) is 0 Å². The highest BCUT2D eigenvalue weighted by molar-refractivity contribution is 5.68. The number of hydrogen-bond acceptors (Lipinski definition) is 3. The molecule has 2 aliphatic rings. The predicted molar refractivity (Wildman–Crippen MR) is 75.9 cm³/mol. The number of hydrogen-bond donors (Lipinski definition) is 1. The van der Waals surface area contributed by atoms with Gasteiger partial charge in [0.05, 0.1) is 0 Å². The van der Waals surface area contributed by atoms with E-state index in [0.29, 0.717) is 11.3 Å². The molecule has 1 aliphatic carbocycles. The molecule has 1 saturated heterocycles. The molecule has 2 rings (SSSR count). The number of amides is 1. The van der Waals surface area contributed by atoms with E-state index in [1.165, 1.54) is 19.3 Å². The molecule has 0 radical (unpaired) electrons. The molecule has 4 nitrogen and oxygen atoms in total. The van der Waals surface area contributed by atoms with Gasteiger partial charge >= 0.3 is 6.09 Å². The Bertz CT molecular complexity index is 332. The number of nitrogens with two attached hydrogens (primary N) is 1. The minimum atomic E-state index is -0.405. The highest BCUT2D eigenvalue weighted by atomic mass is 16.6. The van der Waals surface area contributed by atoms with E-state index < -0.39 is 5.60 Å². The van der Waals surface area contributed by atoms with Crippen molar-refractivity contribution in [2.45, 2.75) is 58.5 Å². The molecule has 1 heterocycles. The van der Waals surface area contributed by atoms with Gasteiger partial charge in [0.25, 0.3) is 0 Å². The molecule has 1 saturated carbocycles. The fraction of sp³-hybridized carbons (Fsp3) is 0.933. The van der Waals surface area contributed by atoms with Crippen molar-refractivity contribution < 1.29 is 9.53 Å². The quantitative estimate of drug-likeness (QED) is 0.838. The van der Waals surface area contributed by atoms with E-state index in [2.05, 4.69) is 0 Å². The van der Waals surface area contributed by atoms with Crippen LogP contribution in [0.3, 0.4) is 0 Å². The van der Waals surface area contributed by atoms with Crippen LogP contribution in [0.1, 0.15) is 52.9 Å². The first-order valence-electron chi connectivity index (χ1n) is 7.54. The zero-order valence-electron chi connectivity index (χ0n) is 12.6. The Hall–Kier alpha value is -0.770. The van der Waals surface area contributed by atoms with Gasteiger partial charge in [-0.3, -0.25) is 0 Å².